The highest BCUT2D eigenvalue weighted by Gasteiger charge is 2.10. The Labute approximate surface area is 84.1 Å². The van der Waals surface area contributed by atoms with Crippen molar-refractivity contribution < 1.29 is 0 Å². The predicted octanol–water partition coefficient (Wildman–Crippen LogP) is 2.64. The number of halogens is 1. The Morgan fingerprint density at radius 1 is 1.46 bits per heavy atom. The van der Waals surface area contributed by atoms with E-state index in [2.05, 4.69) is 12.3 Å². The fourth-order valence-electron chi connectivity index (χ4n) is 1.37. The molecular formula is C10H15ClN2. The van der Waals surface area contributed by atoms with Crippen molar-refractivity contribution >= 4 is 11.6 Å². The van der Waals surface area contributed by atoms with Gasteiger partial charge in [0.25, 0.3) is 0 Å². The number of hydrazine groups is 1. The molecular weight excluding hydrogens is 184 g/mol. The molecule has 1 aromatic carbocycles. The molecule has 1 aromatic rings. The average molecular weight is 199 g/mol. The van der Waals surface area contributed by atoms with E-state index in [0.29, 0.717) is 0 Å². The minimum absolute atomic E-state index is 0.165. The van der Waals surface area contributed by atoms with Crippen molar-refractivity contribution in [3.8, 4) is 0 Å². The molecule has 0 spiro atoms. The number of nitrogens with one attached hydrogen (secondary N) is 1. The first-order chi connectivity index (χ1) is 6.29. The van der Waals surface area contributed by atoms with E-state index in [1.807, 2.05) is 24.3 Å². The van der Waals surface area contributed by atoms with Crippen LogP contribution in [0.1, 0.15) is 31.4 Å². The summed E-state index contributed by atoms with van der Waals surface area (Å²) in [5.74, 6) is 5.45. The molecule has 13 heavy (non-hydrogen) atoms. The minimum atomic E-state index is 0.165. The van der Waals surface area contributed by atoms with Crippen LogP contribution in [0.25, 0.3) is 0 Å². The van der Waals surface area contributed by atoms with Crippen molar-refractivity contribution in [1.82, 2.24) is 5.43 Å². The summed E-state index contributed by atoms with van der Waals surface area (Å²) in [6.45, 7) is 2.13. The summed E-state index contributed by atoms with van der Waals surface area (Å²) in [6, 6.07) is 7.95. The third-order valence-corrected chi connectivity index (χ3v) is 2.40. The van der Waals surface area contributed by atoms with Crippen molar-refractivity contribution in [1.29, 1.82) is 0 Å². The largest absolute Gasteiger partial charge is 0.271 e. The highest BCUT2D eigenvalue weighted by Crippen LogP contribution is 2.24. The molecule has 0 aliphatic carbocycles. The summed E-state index contributed by atoms with van der Waals surface area (Å²) in [6.07, 6.45) is 2.08. The Morgan fingerprint density at radius 2 is 2.15 bits per heavy atom. The summed E-state index contributed by atoms with van der Waals surface area (Å²) in [5.41, 5.74) is 3.85. The predicted molar refractivity (Wildman–Crippen MR) is 56.4 cm³/mol. The van der Waals surface area contributed by atoms with Crippen LogP contribution in [0.2, 0.25) is 5.02 Å². The third kappa shape index (κ3) is 2.69. The highest BCUT2D eigenvalue weighted by atomic mass is 35.5. The molecule has 0 aliphatic heterocycles. The molecule has 0 aromatic heterocycles. The van der Waals surface area contributed by atoms with Crippen molar-refractivity contribution in [3.63, 3.8) is 0 Å². The Kier molecular flexibility index (Phi) is 4.22. The molecule has 0 saturated carbocycles. The van der Waals surface area contributed by atoms with Gasteiger partial charge in [0.1, 0.15) is 0 Å². The highest BCUT2D eigenvalue weighted by molar-refractivity contribution is 6.31. The normalized spacial score (nSPS) is 12.8. The molecule has 3 N–H and O–H groups in total. The summed E-state index contributed by atoms with van der Waals surface area (Å²) < 4.78 is 0. The smallest absolute Gasteiger partial charge is 0.0474 e. The summed E-state index contributed by atoms with van der Waals surface area (Å²) in [4.78, 5) is 0. The van der Waals surface area contributed by atoms with E-state index in [-0.39, 0.29) is 6.04 Å². The van der Waals surface area contributed by atoms with E-state index in [4.69, 9.17) is 17.4 Å². The molecule has 0 heterocycles. The Morgan fingerprint density at radius 3 is 2.69 bits per heavy atom. The quantitative estimate of drug-likeness (QED) is 0.577. The minimum Gasteiger partial charge on any atom is -0.271 e. The Hall–Kier alpha value is -0.570. The molecule has 1 rings (SSSR count). The van der Waals surface area contributed by atoms with Crippen LogP contribution in [-0.4, -0.2) is 0 Å². The Balaban J connectivity index is 2.84. The molecule has 1 atom stereocenters. The second-order valence-corrected chi connectivity index (χ2v) is 3.44. The first kappa shape index (κ1) is 10.5. The number of hydrogen-bond acceptors (Lipinski definition) is 2. The van der Waals surface area contributed by atoms with Gasteiger partial charge >= 0.3 is 0 Å². The first-order valence-corrected chi connectivity index (χ1v) is 4.88. The van der Waals surface area contributed by atoms with Crippen LogP contribution >= 0.6 is 11.6 Å². The Bertz CT molecular complexity index is 263. The zero-order chi connectivity index (χ0) is 9.68. The van der Waals surface area contributed by atoms with Gasteiger partial charge in [0.15, 0.2) is 0 Å². The number of benzene rings is 1. The number of nitrogens with two attached hydrogens (primary N) is 1. The van der Waals surface area contributed by atoms with E-state index >= 15 is 0 Å². The van der Waals surface area contributed by atoms with Gasteiger partial charge in [0.05, 0.1) is 0 Å². The van der Waals surface area contributed by atoms with Gasteiger partial charge in [0.2, 0.25) is 0 Å². The molecule has 0 bridgehead atoms. The lowest BCUT2D eigenvalue weighted by Gasteiger charge is -2.16. The maximum absolute atomic E-state index is 6.04. The van der Waals surface area contributed by atoms with Crippen molar-refractivity contribution in [2.75, 3.05) is 0 Å². The maximum atomic E-state index is 6.04. The summed E-state index contributed by atoms with van der Waals surface area (Å²) in [5, 5.41) is 0.777. The third-order valence-electron chi connectivity index (χ3n) is 2.06. The fourth-order valence-corrected chi connectivity index (χ4v) is 1.64. The van der Waals surface area contributed by atoms with Gasteiger partial charge in [-0.3, -0.25) is 11.3 Å². The molecule has 3 heteroatoms. The lowest BCUT2D eigenvalue weighted by molar-refractivity contribution is 0.510. The topological polar surface area (TPSA) is 38.0 Å². The maximum Gasteiger partial charge on any atom is 0.0474 e. The van der Waals surface area contributed by atoms with Gasteiger partial charge in [-0.25, -0.2) is 0 Å². The molecule has 1 unspecified atom stereocenters. The monoisotopic (exact) mass is 198 g/mol. The van der Waals surface area contributed by atoms with Crippen molar-refractivity contribution in [2.45, 2.75) is 25.8 Å². The van der Waals surface area contributed by atoms with Crippen LogP contribution in [0, 0.1) is 0 Å². The second-order valence-electron chi connectivity index (χ2n) is 3.03. The molecule has 0 saturated heterocycles. The zero-order valence-electron chi connectivity index (χ0n) is 7.76. The van der Waals surface area contributed by atoms with Crippen LogP contribution < -0.4 is 11.3 Å². The van der Waals surface area contributed by atoms with E-state index < -0.39 is 0 Å². The van der Waals surface area contributed by atoms with E-state index in [1.165, 1.54) is 0 Å². The lowest BCUT2D eigenvalue weighted by atomic mass is 10.0. The van der Waals surface area contributed by atoms with Gasteiger partial charge in [0, 0.05) is 11.1 Å². The molecule has 72 valence electrons. The van der Waals surface area contributed by atoms with Crippen molar-refractivity contribution in [2.24, 2.45) is 5.84 Å². The fraction of sp³-hybridized carbons (Fsp3) is 0.400. The van der Waals surface area contributed by atoms with Crippen LogP contribution in [0.5, 0.6) is 0 Å². The second kappa shape index (κ2) is 5.22. The summed E-state index contributed by atoms with van der Waals surface area (Å²) in [7, 11) is 0. The standard InChI is InChI=1S/C10H15ClN2/c1-2-5-10(13-12)8-6-3-4-7-9(8)11/h3-4,6-7,10,13H,2,5,12H2,1H3. The van der Waals surface area contributed by atoms with Crippen LogP contribution in [0.15, 0.2) is 24.3 Å². The van der Waals surface area contributed by atoms with E-state index in [0.717, 1.165) is 23.4 Å². The average Bonchev–Trinajstić information content (AvgIpc) is 2.16. The number of hydrogen-bond donors (Lipinski definition) is 2. The van der Waals surface area contributed by atoms with E-state index in [9.17, 15) is 0 Å². The SMILES string of the molecule is CCCC(NN)c1ccccc1Cl. The first-order valence-electron chi connectivity index (χ1n) is 4.50. The van der Waals surface area contributed by atoms with Crippen LogP contribution in [0.4, 0.5) is 0 Å². The molecule has 0 aliphatic rings. The molecule has 2 nitrogen and oxygen atoms in total. The van der Waals surface area contributed by atoms with Crippen molar-refractivity contribution in [3.05, 3.63) is 34.9 Å². The molecule has 0 amide bonds. The van der Waals surface area contributed by atoms with Gasteiger partial charge in [-0.1, -0.05) is 43.1 Å². The number of rotatable bonds is 4. The van der Waals surface area contributed by atoms with Crippen LogP contribution in [0.3, 0.4) is 0 Å². The molecule has 0 fully saturated rings. The molecule has 0 radical (unpaired) electrons. The van der Waals surface area contributed by atoms with Gasteiger partial charge in [-0.05, 0) is 18.1 Å². The zero-order valence-corrected chi connectivity index (χ0v) is 8.51. The van der Waals surface area contributed by atoms with Gasteiger partial charge in [-0.2, -0.15) is 0 Å². The van der Waals surface area contributed by atoms with Crippen LogP contribution in [-0.2, 0) is 0 Å². The van der Waals surface area contributed by atoms with Gasteiger partial charge < -0.3 is 0 Å². The summed E-state index contributed by atoms with van der Waals surface area (Å²) >= 11 is 6.04. The van der Waals surface area contributed by atoms with E-state index in [1.54, 1.807) is 0 Å². The lowest BCUT2D eigenvalue weighted by Crippen LogP contribution is -2.28. The van der Waals surface area contributed by atoms with Gasteiger partial charge in [-0.15, -0.1) is 0 Å².